The molecule has 1 aromatic rings. The van der Waals surface area contributed by atoms with Gasteiger partial charge in [0, 0.05) is 43.5 Å². The molecule has 2 N–H and O–H groups in total. The number of rotatable bonds is 8. The molecule has 5 heteroatoms. The van der Waals surface area contributed by atoms with Gasteiger partial charge < -0.3 is 15.4 Å². The minimum Gasteiger partial charge on any atom is -0.383 e. The van der Waals surface area contributed by atoms with E-state index >= 15 is 0 Å². The minimum atomic E-state index is 0.414. The van der Waals surface area contributed by atoms with Gasteiger partial charge in [-0.1, -0.05) is 0 Å². The fourth-order valence-electron chi connectivity index (χ4n) is 1.35. The predicted molar refractivity (Wildman–Crippen MR) is 73.0 cm³/mol. The van der Waals surface area contributed by atoms with Crippen molar-refractivity contribution < 1.29 is 4.74 Å². The second-order valence-electron chi connectivity index (χ2n) is 3.95. The van der Waals surface area contributed by atoms with Crippen LogP contribution in [0.5, 0.6) is 0 Å². The maximum absolute atomic E-state index is 4.97. The van der Waals surface area contributed by atoms with Gasteiger partial charge in [0.25, 0.3) is 0 Å². The van der Waals surface area contributed by atoms with E-state index in [1.54, 1.807) is 7.11 Å². The summed E-state index contributed by atoms with van der Waals surface area (Å²) in [6.45, 7) is 5.51. The number of aromatic nitrogens is 1. The van der Waals surface area contributed by atoms with Crippen LogP contribution >= 0.6 is 15.9 Å². The average molecular weight is 302 g/mol. The Kier molecular flexibility index (Phi) is 7.35. The Bertz CT molecular complexity index is 305. The summed E-state index contributed by atoms with van der Waals surface area (Å²) in [5.41, 5.74) is 1.05. The monoisotopic (exact) mass is 301 g/mol. The largest absolute Gasteiger partial charge is 0.383 e. The second-order valence-corrected chi connectivity index (χ2v) is 4.86. The van der Waals surface area contributed by atoms with E-state index in [0.717, 1.165) is 36.4 Å². The molecule has 1 aromatic heterocycles. The third-order valence-corrected chi connectivity index (χ3v) is 2.82. The van der Waals surface area contributed by atoms with Crippen molar-refractivity contribution in [2.75, 3.05) is 26.8 Å². The van der Waals surface area contributed by atoms with Crippen molar-refractivity contribution in [2.24, 2.45) is 0 Å². The molecule has 0 saturated heterocycles. The first-order chi connectivity index (χ1) is 8.22. The molecule has 0 radical (unpaired) electrons. The van der Waals surface area contributed by atoms with E-state index in [2.05, 4.69) is 38.5 Å². The maximum Gasteiger partial charge on any atom is 0.0587 e. The summed E-state index contributed by atoms with van der Waals surface area (Å²) in [5.74, 6) is 0. The average Bonchev–Trinajstić information content (AvgIpc) is 2.34. The highest BCUT2D eigenvalue weighted by Crippen LogP contribution is 2.07. The Labute approximate surface area is 111 Å². The summed E-state index contributed by atoms with van der Waals surface area (Å²) < 4.78 is 5.98. The van der Waals surface area contributed by atoms with Gasteiger partial charge in [-0.2, -0.15) is 0 Å². The first-order valence-electron chi connectivity index (χ1n) is 5.76. The second kappa shape index (κ2) is 8.58. The zero-order chi connectivity index (χ0) is 12.5. The lowest BCUT2D eigenvalue weighted by atomic mass is 10.3. The molecule has 1 atom stereocenters. The molecule has 0 aromatic carbocycles. The summed E-state index contributed by atoms with van der Waals surface area (Å²) in [4.78, 5) is 4.31. The Hall–Kier alpha value is -0.490. The molecule has 0 saturated carbocycles. The highest BCUT2D eigenvalue weighted by molar-refractivity contribution is 9.10. The summed E-state index contributed by atoms with van der Waals surface area (Å²) in [5, 5.41) is 6.73. The van der Waals surface area contributed by atoms with Crippen molar-refractivity contribution in [2.45, 2.75) is 19.5 Å². The number of nitrogens with zero attached hydrogens (tertiary/aromatic N) is 1. The van der Waals surface area contributed by atoms with Crippen LogP contribution in [-0.2, 0) is 11.3 Å². The van der Waals surface area contributed by atoms with Crippen molar-refractivity contribution >= 4 is 15.9 Å². The normalized spacial score (nSPS) is 12.6. The standard InChI is InChI=1S/C12H20BrN3O/c1-10(7-14-5-6-17-2)15-9-12-4-3-11(13)8-16-12/h3-4,8,10,14-15H,5-7,9H2,1-2H3. The first kappa shape index (κ1) is 14.6. The molecule has 0 amide bonds. The van der Waals surface area contributed by atoms with Gasteiger partial charge in [-0.25, -0.2) is 0 Å². The molecule has 0 aliphatic carbocycles. The number of ether oxygens (including phenoxy) is 1. The van der Waals surface area contributed by atoms with Gasteiger partial charge in [-0.3, -0.25) is 4.98 Å². The molecule has 17 heavy (non-hydrogen) atoms. The van der Waals surface area contributed by atoms with Crippen molar-refractivity contribution in [1.29, 1.82) is 0 Å². The molecule has 1 unspecified atom stereocenters. The number of hydrogen-bond acceptors (Lipinski definition) is 4. The van der Waals surface area contributed by atoms with E-state index in [1.165, 1.54) is 0 Å². The summed E-state index contributed by atoms with van der Waals surface area (Å²) in [7, 11) is 1.71. The highest BCUT2D eigenvalue weighted by atomic mass is 79.9. The van der Waals surface area contributed by atoms with E-state index in [1.807, 2.05) is 18.3 Å². The Morgan fingerprint density at radius 2 is 2.29 bits per heavy atom. The van der Waals surface area contributed by atoms with E-state index in [9.17, 15) is 0 Å². The lowest BCUT2D eigenvalue weighted by Gasteiger charge is -2.14. The number of methoxy groups -OCH3 is 1. The molecular formula is C12H20BrN3O. The highest BCUT2D eigenvalue weighted by Gasteiger charge is 2.01. The van der Waals surface area contributed by atoms with E-state index < -0.39 is 0 Å². The smallest absolute Gasteiger partial charge is 0.0587 e. The number of pyridine rings is 1. The van der Waals surface area contributed by atoms with Crippen molar-refractivity contribution in [3.8, 4) is 0 Å². The third-order valence-electron chi connectivity index (χ3n) is 2.35. The van der Waals surface area contributed by atoms with Gasteiger partial charge in [0.1, 0.15) is 0 Å². The van der Waals surface area contributed by atoms with Gasteiger partial charge in [-0.15, -0.1) is 0 Å². The minimum absolute atomic E-state index is 0.414. The van der Waals surface area contributed by atoms with Crippen molar-refractivity contribution in [3.63, 3.8) is 0 Å². The van der Waals surface area contributed by atoms with Crippen molar-refractivity contribution in [1.82, 2.24) is 15.6 Å². The molecule has 4 nitrogen and oxygen atoms in total. The molecule has 0 aliphatic rings. The van der Waals surface area contributed by atoms with Crippen LogP contribution in [-0.4, -0.2) is 37.8 Å². The third kappa shape index (κ3) is 6.73. The number of nitrogens with one attached hydrogen (secondary N) is 2. The van der Waals surface area contributed by atoms with Crippen LogP contribution < -0.4 is 10.6 Å². The summed E-state index contributed by atoms with van der Waals surface area (Å²) >= 11 is 3.37. The number of halogens is 1. The van der Waals surface area contributed by atoms with E-state index in [0.29, 0.717) is 6.04 Å². The van der Waals surface area contributed by atoms with Gasteiger partial charge in [0.05, 0.1) is 12.3 Å². The van der Waals surface area contributed by atoms with Crippen LogP contribution in [0.1, 0.15) is 12.6 Å². The zero-order valence-corrected chi connectivity index (χ0v) is 12.0. The predicted octanol–water partition coefficient (Wildman–Crippen LogP) is 1.56. The van der Waals surface area contributed by atoms with Gasteiger partial charge >= 0.3 is 0 Å². The van der Waals surface area contributed by atoms with E-state index in [-0.39, 0.29) is 0 Å². The molecule has 1 heterocycles. The first-order valence-corrected chi connectivity index (χ1v) is 6.55. The molecule has 0 spiro atoms. The Morgan fingerprint density at radius 3 is 2.94 bits per heavy atom. The summed E-state index contributed by atoms with van der Waals surface area (Å²) in [6.07, 6.45) is 1.82. The topological polar surface area (TPSA) is 46.2 Å². The van der Waals surface area contributed by atoms with Gasteiger partial charge in [0.2, 0.25) is 0 Å². The maximum atomic E-state index is 4.97. The lowest BCUT2D eigenvalue weighted by molar-refractivity contribution is 0.198. The van der Waals surface area contributed by atoms with Crippen LogP contribution in [0.25, 0.3) is 0 Å². The van der Waals surface area contributed by atoms with Crippen LogP contribution in [0.4, 0.5) is 0 Å². The molecule has 0 bridgehead atoms. The molecule has 96 valence electrons. The van der Waals surface area contributed by atoms with Crippen LogP contribution in [0.3, 0.4) is 0 Å². The quantitative estimate of drug-likeness (QED) is 0.716. The molecule has 0 fully saturated rings. The van der Waals surface area contributed by atoms with Crippen LogP contribution in [0, 0.1) is 0 Å². The van der Waals surface area contributed by atoms with Gasteiger partial charge in [0.15, 0.2) is 0 Å². The van der Waals surface area contributed by atoms with E-state index in [4.69, 9.17) is 4.74 Å². The summed E-state index contributed by atoms with van der Waals surface area (Å²) in [6, 6.07) is 4.44. The lowest BCUT2D eigenvalue weighted by Crippen LogP contribution is -2.37. The number of hydrogen-bond donors (Lipinski definition) is 2. The van der Waals surface area contributed by atoms with Gasteiger partial charge in [-0.05, 0) is 35.0 Å². The molecule has 0 aliphatic heterocycles. The van der Waals surface area contributed by atoms with Crippen molar-refractivity contribution in [3.05, 3.63) is 28.5 Å². The molecule has 1 rings (SSSR count). The fraction of sp³-hybridized carbons (Fsp3) is 0.583. The zero-order valence-electron chi connectivity index (χ0n) is 10.4. The Morgan fingerprint density at radius 1 is 1.47 bits per heavy atom. The Balaban J connectivity index is 2.14. The fourth-order valence-corrected chi connectivity index (χ4v) is 1.59. The van der Waals surface area contributed by atoms with Crippen LogP contribution in [0.2, 0.25) is 0 Å². The van der Waals surface area contributed by atoms with Crippen LogP contribution in [0.15, 0.2) is 22.8 Å². The molecular weight excluding hydrogens is 282 g/mol. The SMILES string of the molecule is COCCNCC(C)NCc1ccc(Br)cn1.